The minimum absolute atomic E-state index is 0.00213. The summed E-state index contributed by atoms with van der Waals surface area (Å²) in [4.78, 5) is 11.7. The second kappa shape index (κ2) is 6.37. The van der Waals surface area contributed by atoms with E-state index < -0.39 is 10.0 Å². The van der Waals surface area contributed by atoms with Gasteiger partial charge in [-0.05, 0) is 49.1 Å². The number of rotatable bonds is 5. The molecule has 126 valence electrons. The third kappa shape index (κ3) is 3.49. The zero-order valence-corrected chi connectivity index (χ0v) is 14.5. The number of aryl methyl sites for hydroxylation is 2. The minimum Gasteiger partial charge on any atom is -0.326 e. The van der Waals surface area contributed by atoms with E-state index in [1.807, 2.05) is 31.2 Å². The van der Waals surface area contributed by atoms with Gasteiger partial charge in [0.2, 0.25) is 15.9 Å². The summed E-state index contributed by atoms with van der Waals surface area (Å²) in [5, 5.41) is 2.79. The van der Waals surface area contributed by atoms with E-state index in [0.717, 1.165) is 27.9 Å². The van der Waals surface area contributed by atoms with E-state index in [1.165, 1.54) is 0 Å². The van der Waals surface area contributed by atoms with Crippen LogP contribution in [-0.4, -0.2) is 20.9 Å². The number of anilines is 1. The van der Waals surface area contributed by atoms with Gasteiger partial charge >= 0.3 is 0 Å². The topological polar surface area (TPSA) is 75.3 Å². The van der Waals surface area contributed by atoms with Crippen LogP contribution in [0.3, 0.4) is 0 Å². The fourth-order valence-electron chi connectivity index (χ4n) is 2.95. The molecule has 0 atom stereocenters. The van der Waals surface area contributed by atoms with Gasteiger partial charge in [-0.2, -0.15) is 0 Å². The molecule has 2 aromatic rings. The number of hydrogen-bond acceptors (Lipinski definition) is 3. The van der Waals surface area contributed by atoms with Gasteiger partial charge < -0.3 is 5.32 Å². The van der Waals surface area contributed by atoms with E-state index >= 15 is 0 Å². The molecule has 0 aliphatic carbocycles. The van der Waals surface area contributed by atoms with Crippen molar-refractivity contribution in [3.05, 3.63) is 58.7 Å². The molecular weight excluding hydrogens is 324 g/mol. The van der Waals surface area contributed by atoms with Crippen molar-refractivity contribution in [1.82, 2.24) is 4.72 Å². The van der Waals surface area contributed by atoms with E-state index in [-0.39, 0.29) is 5.91 Å². The first-order valence-electron chi connectivity index (χ1n) is 7.84. The molecule has 0 fully saturated rings. The van der Waals surface area contributed by atoms with Crippen LogP contribution in [0.5, 0.6) is 0 Å². The number of hydrogen-bond donors (Lipinski definition) is 2. The van der Waals surface area contributed by atoms with Crippen LogP contribution in [0.1, 0.15) is 22.3 Å². The lowest BCUT2D eigenvalue weighted by atomic mass is 10.1. The fraction of sp³-hybridized carbons (Fsp3) is 0.278. The number of benzene rings is 2. The average Bonchev–Trinajstić information content (AvgIpc) is 2.86. The predicted molar refractivity (Wildman–Crippen MR) is 93.6 cm³/mol. The largest absolute Gasteiger partial charge is 0.326 e. The maximum Gasteiger partial charge on any atom is 0.240 e. The van der Waals surface area contributed by atoms with Crippen molar-refractivity contribution in [3.63, 3.8) is 0 Å². The summed E-state index contributed by atoms with van der Waals surface area (Å²) in [6, 6.07) is 11.0. The van der Waals surface area contributed by atoms with Crippen LogP contribution >= 0.6 is 0 Å². The minimum atomic E-state index is -3.51. The van der Waals surface area contributed by atoms with E-state index in [1.54, 1.807) is 19.1 Å². The lowest BCUT2D eigenvalue weighted by Gasteiger charge is -2.10. The first kappa shape index (κ1) is 16.7. The molecule has 0 radical (unpaired) electrons. The molecule has 0 unspecified atom stereocenters. The molecule has 1 amide bonds. The van der Waals surface area contributed by atoms with Gasteiger partial charge in [-0.15, -0.1) is 0 Å². The summed E-state index contributed by atoms with van der Waals surface area (Å²) in [5.74, 6) is -0.00213. The lowest BCUT2D eigenvalue weighted by molar-refractivity contribution is -0.115. The third-order valence-electron chi connectivity index (χ3n) is 4.12. The van der Waals surface area contributed by atoms with Crippen molar-refractivity contribution in [3.8, 4) is 0 Å². The zero-order valence-electron chi connectivity index (χ0n) is 13.7. The zero-order chi connectivity index (χ0) is 17.3. The second-order valence-electron chi connectivity index (χ2n) is 6.13. The SMILES string of the molecule is Cc1ccc(S(=O)(=O)NCCc2ccc3c(c2)CC(=O)N3)c(C)c1. The fourth-order valence-corrected chi connectivity index (χ4v) is 4.20. The second-order valence-corrected chi connectivity index (χ2v) is 7.87. The Morgan fingerprint density at radius 3 is 2.67 bits per heavy atom. The van der Waals surface area contributed by atoms with E-state index in [4.69, 9.17) is 0 Å². The maximum absolute atomic E-state index is 12.4. The summed E-state index contributed by atoms with van der Waals surface area (Å²) < 4.78 is 27.5. The first-order chi connectivity index (χ1) is 11.3. The van der Waals surface area contributed by atoms with Crippen LogP contribution in [0.4, 0.5) is 5.69 Å². The van der Waals surface area contributed by atoms with Crippen molar-refractivity contribution in [2.75, 3.05) is 11.9 Å². The summed E-state index contributed by atoms with van der Waals surface area (Å²) in [6.07, 6.45) is 0.961. The van der Waals surface area contributed by atoms with Crippen LogP contribution in [0.15, 0.2) is 41.3 Å². The van der Waals surface area contributed by atoms with Crippen molar-refractivity contribution in [1.29, 1.82) is 0 Å². The van der Waals surface area contributed by atoms with E-state index in [2.05, 4.69) is 10.0 Å². The molecule has 1 aliphatic heterocycles. The Balaban J connectivity index is 1.66. The summed E-state index contributed by atoms with van der Waals surface area (Å²) in [7, 11) is -3.51. The third-order valence-corrected chi connectivity index (χ3v) is 5.74. The van der Waals surface area contributed by atoms with Gasteiger partial charge in [-0.1, -0.05) is 29.8 Å². The Labute approximate surface area is 142 Å². The van der Waals surface area contributed by atoms with Crippen molar-refractivity contribution < 1.29 is 13.2 Å². The Morgan fingerprint density at radius 2 is 1.92 bits per heavy atom. The average molecular weight is 344 g/mol. The first-order valence-corrected chi connectivity index (χ1v) is 9.32. The van der Waals surface area contributed by atoms with Crippen molar-refractivity contribution in [2.24, 2.45) is 0 Å². The Hall–Kier alpha value is -2.18. The molecule has 3 rings (SSSR count). The number of carbonyl (C=O) groups excluding carboxylic acids is 1. The molecule has 2 aromatic carbocycles. The Bertz CT molecular complexity index is 904. The highest BCUT2D eigenvalue weighted by atomic mass is 32.2. The Morgan fingerprint density at radius 1 is 1.12 bits per heavy atom. The molecule has 0 aromatic heterocycles. The summed E-state index contributed by atoms with van der Waals surface area (Å²) in [5.41, 5.74) is 4.60. The maximum atomic E-state index is 12.4. The number of sulfonamides is 1. The van der Waals surface area contributed by atoms with Gasteiger partial charge in [-0.25, -0.2) is 13.1 Å². The van der Waals surface area contributed by atoms with Gasteiger partial charge in [0.1, 0.15) is 0 Å². The number of carbonyl (C=O) groups is 1. The molecule has 5 nitrogen and oxygen atoms in total. The highest BCUT2D eigenvalue weighted by Crippen LogP contribution is 2.24. The molecule has 1 heterocycles. The van der Waals surface area contributed by atoms with Crippen molar-refractivity contribution in [2.45, 2.75) is 31.6 Å². The van der Waals surface area contributed by atoms with E-state index in [9.17, 15) is 13.2 Å². The van der Waals surface area contributed by atoms with Crippen LogP contribution in [0.25, 0.3) is 0 Å². The molecule has 0 bridgehead atoms. The molecule has 2 N–H and O–H groups in total. The van der Waals surface area contributed by atoms with Gasteiger partial charge in [0, 0.05) is 12.2 Å². The normalized spacial score (nSPS) is 13.7. The Kier molecular flexibility index (Phi) is 4.43. The van der Waals surface area contributed by atoms with Crippen LogP contribution < -0.4 is 10.0 Å². The molecule has 0 spiro atoms. The van der Waals surface area contributed by atoms with Gasteiger partial charge in [0.25, 0.3) is 0 Å². The smallest absolute Gasteiger partial charge is 0.240 e. The molecule has 0 saturated heterocycles. The van der Waals surface area contributed by atoms with Gasteiger partial charge in [0.05, 0.1) is 11.3 Å². The molecule has 1 aliphatic rings. The molecule has 0 saturated carbocycles. The van der Waals surface area contributed by atoms with Crippen LogP contribution in [-0.2, 0) is 27.7 Å². The highest BCUT2D eigenvalue weighted by Gasteiger charge is 2.18. The predicted octanol–water partition coefficient (Wildman–Crippen LogP) is 2.32. The number of nitrogens with one attached hydrogen (secondary N) is 2. The monoisotopic (exact) mass is 344 g/mol. The van der Waals surface area contributed by atoms with Gasteiger partial charge in [-0.3, -0.25) is 4.79 Å². The van der Waals surface area contributed by atoms with Crippen LogP contribution in [0.2, 0.25) is 0 Å². The number of fused-ring (bicyclic) bond motifs is 1. The van der Waals surface area contributed by atoms with Crippen molar-refractivity contribution >= 4 is 21.6 Å². The molecule has 24 heavy (non-hydrogen) atoms. The number of amides is 1. The lowest BCUT2D eigenvalue weighted by Crippen LogP contribution is -2.26. The van der Waals surface area contributed by atoms with Crippen LogP contribution in [0, 0.1) is 13.8 Å². The van der Waals surface area contributed by atoms with Gasteiger partial charge in [0.15, 0.2) is 0 Å². The van der Waals surface area contributed by atoms with E-state index in [0.29, 0.717) is 24.3 Å². The standard InChI is InChI=1S/C18H20N2O3S/c1-12-3-6-17(13(2)9-12)24(22,23)19-8-7-14-4-5-16-15(10-14)11-18(21)20-16/h3-6,9-10,19H,7-8,11H2,1-2H3,(H,20,21). The highest BCUT2D eigenvalue weighted by molar-refractivity contribution is 7.89. The molecular formula is C18H20N2O3S. The summed E-state index contributed by atoms with van der Waals surface area (Å²) in [6.45, 7) is 4.05. The quantitative estimate of drug-likeness (QED) is 0.874. The molecule has 6 heteroatoms. The summed E-state index contributed by atoms with van der Waals surface area (Å²) >= 11 is 0.